The van der Waals surface area contributed by atoms with E-state index in [1.807, 2.05) is 0 Å². The first-order valence-corrected chi connectivity index (χ1v) is 5.30. The molecule has 0 aromatic heterocycles. The Balaban J connectivity index is 3.31. The van der Waals surface area contributed by atoms with Gasteiger partial charge in [0.2, 0.25) is 0 Å². The molecule has 1 rings (SSSR count). The van der Waals surface area contributed by atoms with Crippen LogP contribution in [0.5, 0.6) is 0 Å². The molecule has 0 aliphatic rings. The average Bonchev–Trinajstić information content (AvgIpc) is 2.09. The lowest BCUT2D eigenvalue weighted by Crippen LogP contribution is -2.23. The number of rotatable bonds is 3. The highest BCUT2D eigenvalue weighted by Gasteiger charge is 2.29. The third-order valence-electron chi connectivity index (χ3n) is 2.57. The minimum atomic E-state index is -0.926. The second-order valence-corrected chi connectivity index (χ2v) is 4.89. The normalized spacial score (nSPS) is 11.6. The van der Waals surface area contributed by atoms with Gasteiger partial charge < -0.3 is 5.11 Å². The fourth-order valence-corrected chi connectivity index (χ4v) is 2.41. The number of aryl methyl sites for hydroxylation is 1. The Morgan fingerprint density at radius 1 is 1.50 bits per heavy atom. The van der Waals surface area contributed by atoms with Crippen LogP contribution in [0, 0.1) is 12.7 Å². The molecule has 0 amide bonds. The summed E-state index contributed by atoms with van der Waals surface area (Å²) < 4.78 is 13.3. The zero-order valence-corrected chi connectivity index (χ0v) is 10.2. The highest BCUT2D eigenvalue weighted by Crippen LogP contribution is 2.36. The molecule has 0 radical (unpaired) electrons. The summed E-state index contributed by atoms with van der Waals surface area (Å²) in [5.74, 6) is -1.44. The lowest BCUT2D eigenvalue weighted by molar-refractivity contribution is -0.138. The van der Waals surface area contributed by atoms with Crippen molar-refractivity contribution in [2.24, 2.45) is 0 Å². The molecule has 0 fully saturated rings. The van der Waals surface area contributed by atoms with Gasteiger partial charge in [0.1, 0.15) is 5.82 Å². The van der Waals surface area contributed by atoms with Crippen LogP contribution in [0.15, 0.2) is 12.1 Å². The van der Waals surface area contributed by atoms with Crippen LogP contribution < -0.4 is 0 Å². The highest BCUT2D eigenvalue weighted by molar-refractivity contribution is 6.31. The quantitative estimate of drug-likeness (QED) is 0.883. The molecule has 1 N–H and O–H groups in total. The van der Waals surface area contributed by atoms with Gasteiger partial charge in [0, 0.05) is 5.41 Å². The van der Waals surface area contributed by atoms with Crippen molar-refractivity contribution >= 4 is 17.6 Å². The maximum atomic E-state index is 13.3. The summed E-state index contributed by atoms with van der Waals surface area (Å²) in [6.07, 6.45) is -0.0863. The van der Waals surface area contributed by atoms with Crippen molar-refractivity contribution < 1.29 is 14.3 Å². The topological polar surface area (TPSA) is 37.3 Å². The number of carboxylic acid groups (broad SMARTS) is 1. The molecule has 1 aromatic rings. The molecular formula is C12H14ClFO2. The van der Waals surface area contributed by atoms with E-state index in [9.17, 15) is 9.18 Å². The summed E-state index contributed by atoms with van der Waals surface area (Å²) in [5, 5.41) is 8.84. The number of benzene rings is 1. The van der Waals surface area contributed by atoms with Gasteiger partial charge in [-0.1, -0.05) is 31.5 Å². The molecule has 0 saturated heterocycles. The summed E-state index contributed by atoms with van der Waals surface area (Å²) in [7, 11) is 0. The smallest absolute Gasteiger partial charge is 0.304 e. The van der Waals surface area contributed by atoms with Crippen LogP contribution in [0.4, 0.5) is 4.39 Å². The molecule has 0 unspecified atom stereocenters. The van der Waals surface area contributed by atoms with Gasteiger partial charge in [0.05, 0.1) is 11.4 Å². The molecule has 4 heteroatoms. The van der Waals surface area contributed by atoms with E-state index in [1.54, 1.807) is 26.8 Å². The molecule has 0 aliphatic heterocycles. The van der Waals surface area contributed by atoms with Crippen molar-refractivity contribution in [3.05, 3.63) is 34.1 Å². The Morgan fingerprint density at radius 3 is 2.56 bits per heavy atom. The van der Waals surface area contributed by atoms with E-state index in [2.05, 4.69) is 0 Å². The lowest BCUT2D eigenvalue weighted by Gasteiger charge is -2.26. The molecule has 0 aliphatic carbocycles. The number of hydrogen-bond acceptors (Lipinski definition) is 1. The van der Waals surface area contributed by atoms with Crippen molar-refractivity contribution in [1.29, 1.82) is 0 Å². The first-order valence-electron chi connectivity index (χ1n) is 4.92. The second-order valence-electron chi connectivity index (χ2n) is 4.51. The fraction of sp³-hybridized carbons (Fsp3) is 0.417. The summed E-state index contributed by atoms with van der Waals surface area (Å²) in [6, 6.07) is 2.90. The summed E-state index contributed by atoms with van der Waals surface area (Å²) >= 11 is 5.90. The van der Waals surface area contributed by atoms with Crippen LogP contribution in [0.25, 0.3) is 0 Å². The minimum absolute atomic E-state index is 0.0197. The molecule has 0 atom stereocenters. The van der Waals surface area contributed by atoms with E-state index >= 15 is 0 Å². The molecule has 0 bridgehead atoms. The number of aliphatic carboxylic acids is 1. The van der Waals surface area contributed by atoms with Gasteiger partial charge in [-0.05, 0) is 24.1 Å². The van der Waals surface area contributed by atoms with Crippen molar-refractivity contribution in [1.82, 2.24) is 0 Å². The van der Waals surface area contributed by atoms with E-state index < -0.39 is 17.2 Å². The van der Waals surface area contributed by atoms with Crippen LogP contribution in [0.3, 0.4) is 0 Å². The third kappa shape index (κ3) is 2.53. The first-order chi connectivity index (χ1) is 7.25. The molecule has 0 heterocycles. The highest BCUT2D eigenvalue weighted by atomic mass is 35.5. The number of halogens is 2. The SMILES string of the molecule is Cc1ccc(F)c(Cl)c1C(C)(C)CC(=O)O. The van der Waals surface area contributed by atoms with Gasteiger partial charge >= 0.3 is 5.97 Å². The van der Waals surface area contributed by atoms with Crippen LogP contribution in [-0.2, 0) is 10.2 Å². The van der Waals surface area contributed by atoms with Gasteiger partial charge in [-0.15, -0.1) is 0 Å². The van der Waals surface area contributed by atoms with Crippen molar-refractivity contribution in [2.45, 2.75) is 32.6 Å². The average molecular weight is 245 g/mol. The van der Waals surface area contributed by atoms with Crippen LogP contribution >= 0.6 is 11.6 Å². The summed E-state index contributed by atoms with van der Waals surface area (Å²) in [6.45, 7) is 5.29. The van der Waals surface area contributed by atoms with Gasteiger partial charge in [-0.3, -0.25) is 4.79 Å². The maximum absolute atomic E-state index is 13.3. The monoisotopic (exact) mass is 244 g/mol. The fourth-order valence-electron chi connectivity index (χ4n) is 1.94. The Morgan fingerprint density at radius 2 is 2.06 bits per heavy atom. The van der Waals surface area contributed by atoms with E-state index in [-0.39, 0.29) is 11.4 Å². The van der Waals surface area contributed by atoms with Crippen molar-refractivity contribution in [3.8, 4) is 0 Å². The van der Waals surface area contributed by atoms with Crippen LogP contribution in [0.2, 0.25) is 5.02 Å². The molecule has 1 aromatic carbocycles. The Kier molecular flexibility index (Phi) is 3.58. The standard InChI is InChI=1S/C12H14ClFO2/c1-7-4-5-8(14)11(13)10(7)12(2,3)6-9(15)16/h4-5H,6H2,1-3H3,(H,15,16). The maximum Gasteiger partial charge on any atom is 0.304 e. The Labute approximate surface area is 99.0 Å². The number of hydrogen-bond donors (Lipinski definition) is 1. The number of carbonyl (C=O) groups is 1. The minimum Gasteiger partial charge on any atom is -0.481 e. The number of carboxylic acids is 1. The zero-order valence-electron chi connectivity index (χ0n) is 9.47. The van der Waals surface area contributed by atoms with Crippen molar-refractivity contribution in [3.63, 3.8) is 0 Å². The van der Waals surface area contributed by atoms with E-state index in [0.29, 0.717) is 5.56 Å². The Bertz CT molecular complexity index is 427. The lowest BCUT2D eigenvalue weighted by atomic mass is 9.79. The summed E-state index contributed by atoms with van der Waals surface area (Å²) in [4.78, 5) is 10.8. The third-order valence-corrected chi connectivity index (χ3v) is 2.94. The second kappa shape index (κ2) is 4.42. The van der Waals surface area contributed by atoms with E-state index in [0.717, 1.165) is 5.56 Å². The van der Waals surface area contributed by atoms with Crippen LogP contribution in [0.1, 0.15) is 31.4 Å². The molecule has 0 spiro atoms. The van der Waals surface area contributed by atoms with Gasteiger partial charge in [0.15, 0.2) is 0 Å². The van der Waals surface area contributed by atoms with Gasteiger partial charge in [0.25, 0.3) is 0 Å². The largest absolute Gasteiger partial charge is 0.481 e. The molecule has 88 valence electrons. The molecule has 2 nitrogen and oxygen atoms in total. The molecule has 16 heavy (non-hydrogen) atoms. The molecular weight excluding hydrogens is 231 g/mol. The predicted molar refractivity (Wildman–Crippen MR) is 61.4 cm³/mol. The summed E-state index contributed by atoms with van der Waals surface area (Å²) in [5.41, 5.74) is 0.684. The van der Waals surface area contributed by atoms with Crippen LogP contribution in [-0.4, -0.2) is 11.1 Å². The predicted octanol–water partition coefficient (Wildman–Crippen LogP) is 3.54. The first kappa shape index (κ1) is 13.0. The van der Waals surface area contributed by atoms with Gasteiger partial charge in [-0.25, -0.2) is 4.39 Å². The Hall–Kier alpha value is -1.09. The van der Waals surface area contributed by atoms with E-state index in [4.69, 9.17) is 16.7 Å². The van der Waals surface area contributed by atoms with Gasteiger partial charge in [-0.2, -0.15) is 0 Å². The van der Waals surface area contributed by atoms with Crippen molar-refractivity contribution in [2.75, 3.05) is 0 Å². The van der Waals surface area contributed by atoms with E-state index in [1.165, 1.54) is 6.07 Å². The molecule has 0 saturated carbocycles. The zero-order chi connectivity index (χ0) is 12.5.